The van der Waals surface area contributed by atoms with Crippen molar-refractivity contribution < 1.29 is 4.79 Å². The highest BCUT2D eigenvalue weighted by Crippen LogP contribution is 2.31. The summed E-state index contributed by atoms with van der Waals surface area (Å²) in [4.78, 5) is 13.8. The predicted octanol–water partition coefficient (Wildman–Crippen LogP) is 2.42. The molecule has 0 saturated carbocycles. The van der Waals surface area contributed by atoms with Crippen LogP contribution in [-0.2, 0) is 4.79 Å². The molecule has 90 valence electrons. The molecular formula is C14H18N2O. The third-order valence-corrected chi connectivity index (χ3v) is 3.36. The summed E-state index contributed by atoms with van der Waals surface area (Å²) in [6.07, 6.45) is 2.42. The number of amides is 1. The molecule has 1 aromatic carbocycles. The minimum Gasteiger partial charge on any atom is -0.399 e. The van der Waals surface area contributed by atoms with Crippen LogP contribution in [0.25, 0.3) is 0 Å². The van der Waals surface area contributed by atoms with Gasteiger partial charge < -0.3 is 10.6 Å². The van der Waals surface area contributed by atoms with Crippen LogP contribution >= 0.6 is 0 Å². The van der Waals surface area contributed by atoms with Crippen LogP contribution in [0.4, 0.5) is 11.4 Å². The van der Waals surface area contributed by atoms with E-state index in [1.54, 1.807) is 0 Å². The summed E-state index contributed by atoms with van der Waals surface area (Å²) < 4.78 is 0. The van der Waals surface area contributed by atoms with Crippen LogP contribution in [0.1, 0.15) is 17.5 Å². The molecule has 1 aliphatic heterocycles. The highest BCUT2D eigenvalue weighted by molar-refractivity contribution is 5.97. The minimum atomic E-state index is 0.169. The fourth-order valence-electron chi connectivity index (χ4n) is 2.24. The van der Waals surface area contributed by atoms with E-state index in [2.05, 4.69) is 6.58 Å². The molecule has 1 fully saturated rings. The van der Waals surface area contributed by atoms with Crippen LogP contribution in [0.15, 0.2) is 24.8 Å². The molecule has 0 aliphatic carbocycles. The molecular weight excluding hydrogens is 212 g/mol. The molecule has 1 unspecified atom stereocenters. The highest BCUT2D eigenvalue weighted by atomic mass is 16.2. The van der Waals surface area contributed by atoms with E-state index in [1.165, 1.54) is 0 Å². The predicted molar refractivity (Wildman–Crippen MR) is 71.0 cm³/mol. The van der Waals surface area contributed by atoms with Crippen LogP contribution in [0.3, 0.4) is 0 Å². The zero-order chi connectivity index (χ0) is 12.6. The average molecular weight is 230 g/mol. The van der Waals surface area contributed by atoms with E-state index in [0.29, 0.717) is 6.42 Å². The van der Waals surface area contributed by atoms with Crippen molar-refractivity contribution in [3.63, 3.8) is 0 Å². The van der Waals surface area contributed by atoms with E-state index in [-0.39, 0.29) is 11.8 Å². The van der Waals surface area contributed by atoms with E-state index >= 15 is 0 Å². The number of carbonyl (C=O) groups excluding carboxylic acids is 1. The summed E-state index contributed by atoms with van der Waals surface area (Å²) >= 11 is 0. The molecule has 2 N–H and O–H groups in total. The van der Waals surface area contributed by atoms with Crippen molar-refractivity contribution in [2.75, 3.05) is 17.2 Å². The van der Waals surface area contributed by atoms with Crippen molar-refractivity contribution in [3.05, 3.63) is 35.9 Å². The van der Waals surface area contributed by atoms with Crippen molar-refractivity contribution in [1.82, 2.24) is 0 Å². The quantitative estimate of drug-likeness (QED) is 0.626. The second-order valence-electron chi connectivity index (χ2n) is 4.70. The van der Waals surface area contributed by atoms with Gasteiger partial charge in [0, 0.05) is 30.3 Å². The maximum absolute atomic E-state index is 11.9. The summed E-state index contributed by atoms with van der Waals surface area (Å²) in [6, 6.07) is 3.92. The molecule has 3 heteroatoms. The molecule has 1 atom stereocenters. The standard InChI is InChI=1S/C14H18N2O/c1-4-11-7-14(17)16(8-11)13-6-9(2)12(15)5-10(13)3/h4-6,11H,1,7-8,15H2,2-3H3. The summed E-state index contributed by atoms with van der Waals surface area (Å²) in [5.74, 6) is 0.432. The number of anilines is 2. The first kappa shape index (κ1) is 11.7. The molecule has 3 nitrogen and oxygen atoms in total. The third-order valence-electron chi connectivity index (χ3n) is 3.36. The zero-order valence-corrected chi connectivity index (χ0v) is 10.4. The number of hydrogen-bond donors (Lipinski definition) is 1. The van der Waals surface area contributed by atoms with Gasteiger partial charge in [-0.3, -0.25) is 4.79 Å². The van der Waals surface area contributed by atoms with Crippen LogP contribution in [-0.4, -0.2) is 12.5 Å². The number of nitrogens with two attached hydrogens (primary N) is 1. The van der Waals surface area contributed by atoms with Crippen molar-refractivity contribution in [2.24, 2.45) is 5.92 Å². The Morgan fingerprint density at radius 2 is 2.12 bits per heavy atom. The van der Waals surface area contributed by atoms with Gasteiger partial charge in [0.2, 0.25) is 5.91 Å². The Balaban J connectivity index is 2.38. The average Bonchev–Trinajstić information content (AvgIpc) is 2.65. The van der Waals surface area contributed by atoms with Crippen molar-refractivity contribution >= 4 is 17.3 Å². The van der Waals surface area contributed by atoms with Crippen LogP contribution in [0.5, 0.6) is 0 Å². The second-order valence-corrected chi connectivity index (χ2v) is 4.70. The Morgan fingerprint density at radius 1 is 1.41 bits per heavy atom. The number of nitrogen functional groups attached to an aromatic ring is 1. The normalized spacial score (nSPS) is 19.8. The summed E-state index contributed by atoms with van der Waals surface area (Å²) in [7, 11) is 0. The first-order chi connectivity index (χ1) is 8.02. The Labute approximate surface area is 102 Å². The van der Waals surface area contributed by atoms with Crippen molar-refractivity contribution in [1.29, 1.82) is 0 Å². The number of benzene rings is 1. The van der Waals surface area contributed by atoms with Gasteiger partial charge in [0.15, 0.2) is 0 Å². The van der Waals surface area contributed by atoms with Gasteiger partial charge in [-0.2, -0.15) is 0 Å². The van der Waals surface area contributed by atoms with E-state index in [4.69, 9.17) is 5.73 Å². The van der Waals surface area contributed by atoms with Gasteiger partial charge in [0.1, 0.15) is 0 Å². The maximum atomic E-state index is 11.9. The monoisotopic (exact) mass is 230 g/mol. The summed E-state index contributed by atoms with van der Waals surface area (Å²) in [5, 5.41) is 0. The second kappa shape index (κ2) is 4.24. The molecule has 2 rings (SSSR count). The molecule has 0 radical (unpaired) electrons. The number of aryl methyl sites for hydroxylation is 2. The topological polar surface area (TPSA) is 46.3 Å². The van der Waals surface area contributed by atoms with Gasteiger partial charge in [-0.05, 0) is 37.1 Å². The molecule has 1 aliphatic rings. The van der Waals surface area contributed by atoms with Gasteiger partial charge >= 0.3 is 0 Å². The van der Waals surface area contributed by atoms with Crippen LogP contribution in [0, 0.1) is 19.8 Å². The van der Waals surface area contributed by atoms with Gasteiger partial charge in [0.25, 0.3) is 0 Å². The number of hydrogen-bond acceptors (Lipinski definition) is 2. The van der Waals surface area contributed by atoms with Crippen molar-refractivity contribution in [3.8, 4) is 0 Å². The van der Waals surface area contributed by atoms with Gasteiger partial charge in [-0.25, -0.2) is 0 Å². The molecule has 1 saturated heterocycles. The summed E-state index contributed by atoms with van der Waals surface area (Å²) in [6.45, 7) is 8.44. The van der Waals surface area contributed by atoms with E-state index in [9.17, 15) is 4.79 Å². The molecule has 1 heterocycles. The number of carbonyl (C=O) groups is 1. The molecule has 1 amide bonds. The SMILES string of the molecule is C=CC1CC(=O)N(c2cc(C)c(N)cc2C)C1. The lowest BCUT2D eigenvalue weighted by molar-refractivity contribution is -0.117. The third kappa shape index (κ3) is 2.05. The van der Waals surface area contributed by atoms with Crippen LogP contribution < -0.4 is 10.6 Å². The Bertz CT molecular complexity index is 479. The molecule has 0 spiro atoms. The Hall–Kier alpha value is -1.77. The number of rotatable bonds is 2. The fraction of sp³-hybridized carbons (Fsp3) is 0.357. The van der Waals surface area contributed by atoms with Gasteiger partial charge in [-0.15, -0.1) is 6.58 Å². The number of nitrogens with zero attached hydrogens (tertiary/aromatic N) is 1. The first-order valence-corrected chi connectivity index (χ1v) is 5.82. The van der Waals surface area contributed by atoms with E-state index in [0.717, 1.165) is 29.0 Å². The largest absolute Gasteiger partial charge is 0.399 e. The van der Waals surface area contributed by atoms with E-state index in [1.807, 2.05) is 37.0 Å². The molecule has 17 heavy (non-hydrogen) atoms. The van der Waals surface area contributed by atoms with Gasteiger partial charge in [-0.1, -0.05) is 6.08 Å². The lowest BCUT2D eigenvalue weighted by Gasteiger charge is -2.20. The Morgan fingerprint density at radius 3 is 2.71 bits per heavy atom. The molecule has 1 aromatic rings. The first-order valence-electron chi connectivity index (χ1n) is 5.82. The van der Waals surface area contributed by atoms with Crippen molar-refractivity contribution in [2.45, 2.75) is 20.3 Å². The summed E-state index contributed by atoms with van der Waals surface area (Å²) in [5.41, 5.74) is 9.67. The lowest BCUT2D eigenvalue weighted by atomic mass is 10.1. The minimum absolute atomic E-state index is 0.169. The van der Waals surface area contributed by atoms with Crippen LogP contribution in [0.2, 0.25) is 0 Å². The zero-order valence-electron chi connectivity index (χ0n) is 10.4. The van der Waals surface area contributed by atoms with Gasteiger partial charge in [0.05, 0.1) is 0 Å². The fourth-order valence-corrected chi connectivity index (χ4v) is 2.24. The lowest BCUT2D eigenvalue weighted by Crippen LogP contribution is -2.25. The smallest absolute Gasteiger partial charge is 0.227 e. The Kier molecular flexibility index (Phi) is 2.92. The maximum Gasteiger partial charge on any atom is 0.227 e. The molecule has 0 aromatic heterocycles. The van der Waals surface area contributed by atoms with E-state index < -0.39 is 0 Å². The molecule has 0 bridgehead atoms. The highest BCUT2D eigenvalue weighted by Gasteiger charge is 2.29.